The number of primary amides is 1. The molecule has 0 saturated carbocycles. The van der Waals surface area contributed by atoms with Gasteiger partial charge >= 0.3 is 0 Å². The van der Waals surface area contributed by atoms with Crippen molar-refractivity contribution in [2.45, 2.75) is 13.0 Å². The molecule has 2 N–H and O–H groups in total. The number of hydrogen-bond donors (Lipinski definition) is 1. The van der Waals surface area contributed by atoms with Gasteiger partial charge in [-0.15, -0.1) is 0 Å². The monoisotopic (exact) mass is 278 g/mol. The fourth-order valence-corrected chi connectivity index (χ4v) is 2.31. The third-order valence-corrected chi connectivity index (χ3v) is 3.44. The molecule has 1 aromatic carbocycles. The van der Waals surface area contributed by atoms with E-state index in [1.54, 1.807) is 25.2 Å². The van der Waals surface area contributed by atoms with Gasteiger partial charge in [-0.05, 0) is 17.7 Å². The number of rotatable bonds is 5. The Labute approximate surface area is 117 Å². The molecule has 0 radical (unpaired) electrons. The van der Waals surface area contributed by atoms with E-state index >= 15 is 0 Å². The molecule has 2 amide bonds. The molecule has 1 heterocycles. The number of nitrogens with zero attached hydrogens (tertiary/aromatic N) is 1. The predicted octanol–water partition coefficient (Wildman–Crippen LogP) is 0.538. The van der Waals surface area contributed by atoms with Crippen molar-refractivity contribution in [1.29, 1.82) is 0 Å². The largest absolute Gasteiger partial charge is 0.493 e. The molecule has 1 aliphatic heterocycles. The number of hydrogen-bond acceptors (Lipinski definition) is 4. The Hall–Kier alpha value is -2.24. The van der Waals surface area contributed by atoms with Crippen molar-refractivity contribution in [2.75, 3.05) is 20.8 Å². The Balaban J connectivity index is 2.10. The molecule has 1 atom stereocenters. The van der Waals surface area contributed by atoms with E-state index in [0.717, 1.165) is 5.56 Å². The minimum Gasteiger partial charge on any atom is -0.493 e. The quantitative estimate of drug-likeness (QED) is 0.852. The first kappa shape index (κ1) is 14.2. The van der Waals surface area contributed by atoms with E-state index in [9.17, 15) is 9.59 Å². The van der Waals surface area contributed by atoms with Gasteiger partial charge in [0, 0.05) is 19.5 Å². The lowest BCUT2D eigenvalue weighted by Gasteiger charge is -2.17. The summed E-state index contributed by atoms with van der Waals surface area (Å²) in [4.78, 5) is 24.6. The summed E-state index contributed by atoms with van der Waals surface area (Å²) in [6, 6.07) is 5.48. The number of carbonyl (C=O) groups is 2. The zero-order valence-electron chi connectivity index (χ0n) is 11.6. The van der Waals surface area contributed by atoms with Gasteiger partial charge < -0.3 is 20.1 Å². The highest BCUT2D eigenvalue weighted by Crippen LogP contribution is 2.29. The van der Waals surface area contributed by atoms with Gasteiger partial charge in [0.1, 0.15) is 0 Å². The zero-order chi connectivity index (χ0) is 14.7. The van der Waals surface area contributed by atoms with Gasteiger partial charge in [0.2, 0.25) is 11.8 Å². The van der Waals surface area contributed by atoms with Gasteiger partial charge in [0.05, 0.1) is 20.1 Å². The Morgan fingerprint density at radius 1 is 1.35 bits per heavy atom. The van der Waals surface area contributed by atoms with Gasteiger partial charge in [-0.1, -0.05) is 6.07 Å². The molecule has 0 spiro atoms. The van der Waals surface area contributed by atoms with Crippen LogP contribution in [0.25, 0.3) is 0 Å². The van der Waals surface area contributed by atoms with Crippen molar-refractivity contribution in [3.05, 3.63) is 23.8 Å². The van der Waals surface area contributed by atoms with E-state index < -0.39 is 5.91 Å². The fraction of sp³-hybridized carbons (Fsp3) is 0.429. The molecule has 0 aromatic heterocycles. The molecule has 2 rings (SSSR count). The van der Waals surface area contributed by atoms with Crippen molar-refractivity contribution in [3.63, 3.8) is 0 Å². The lowest BCUT2D eigenvalue weighted by Crippen LogP contribution is -2.28. The van der Waals surface area contributed by atoms with Crippen molar-refractivity contribution in [1.82, 2.24) is 4.90 Å². The molecule has 1 aromatic rings. The Morgan fingerprint density at radius 2 is 2.05 bits per heavy atom. The highest BCUT2D eigenvalue weighted by atomic mass is 16.5. The molecule has 20 heavy (non-hydrogen) atoms. The second-order valence-electron chi connectivity index (χ2n) is 4.77. The summed E-state index contributed by atoms with van der Waals surface area (Å²) in [6.07, 6.45) is 0.197. The van der Waals surface area contributed by atoms with Gasteiger partial charge in [0.15, 0.2) is 11.5 Å². The fourth-order valence-electron chi connectivity index (χ4n) is 2.31. The molecule has 0 bridgehead atoms. The van der Waals surface area contributed by atoms with Gasteiger partial charge in [-0.2, -0.15) is 0 Å². The Bertz CT molecular complexity index is 530. The highest BCUT2D eigenvalue weighted by molar-refractivity contribution is 5.88. The van der Waals surface area contributed by atoms with Crippen molar-refractivity contribution < 1.29 is 19.1 Å². The summed E-state index contributed by atoms with van der Waals surface area (Å²) in [6.45, 7) is 0.811. The van der Waals surface area contributed by atoms with Crippen LogP contribution in [-0.2, 0) is 16.1 Å². The maximum atomic E-state index is 11.8. The Kier molecular flexibility index (Phi) is 4.12. The van der Waals surface area contributed by atoms with E-state index in [0.29, 0.717) is 24.6 Å². The van der Waals surface area contributed by atoms with Crippen LogP contribution in [0.2, 0.25) is 0 Å². The van der Waals surface area contributed by atoms with Crippen LogP contribution in [-0.4, -0.2) is 37.5 Å². The average Bonchev–Trinajstić information content (AvgIpc) is 2.80. The molecule has 1 aliphatic rings. The third kappa shape index (κ3) is 2.84. The smallest absolute Gasteiger partial charge is 0.223 e. The van der Waals surface area contributed by atoms with E-state index in [4.69, 9.17) is 15.2 Å². The summed E-state index contributed by atoms with van der Waals surface area (Å²) >= 11 is 0. The van der Waals surface area contributed by atoms with E-state index in [1.807, 2.05) is 12.1 Å². The summed E-state index contributed by atoms with van der Waals surface area (Å²) in [5.74, 6) is 0.390. The van der Waals surface area contributed by atoms with Crippen LogP contribution >= 0.6 is 0 Å². The molecule has 6 nitrogen and oxygen atoms in total. The van der Waals surface area contributed by atoms with Gasteiger partial charge in [0.25, 0.3) is 0 Å². The summed E-state index contributed by atoms with van der Waals surface area (Å²) in [5.41, 5.74) is 6.16. The normalized spacial score (nSPS) is 18.2. The predicted molar refractivity (Wildman–Crippen MR) is 72.3 cm³/mol. The second-order valence-corrected chi connectivity index (χ2v) is 4.77. The first-order valence-electron chi connectivity index (χ1n) is 6.33. The average molecular weight is 278 g/mol. The summed E-state index contributed by atoms with van der Waals surface area (Å²) in [5, 5.41) is 0. The molecule has 6 heteroatoms. The first-order valence-corrected chi connectivity index (χ1v) is 6.33. The van der Waals surface area contributed by atoms with E-state index in [1.165, 1.54) is 0 Å². The molecular weight excluding hydrogens is 260 g/mol. The number of carbonyl (C=O) groups excluding carboxylic acids is 2. The van der Waals surface area contributed by atoms with Gasteiger partial charge in [-0.3, -0.25) is 9.59 Å². The van der Waals surface area contributed by atoms with Crippen molar-refractivity contribution in [3.8, 4) is 11.5 Å². The standard InChI is InChI=1S/C14H18N2O4/c1-19-11-4-3-9(5-12(11)20-2)7-16-8-10(14(15)18)6-13(16)17/h3-5,10H,6-8H2,1-2H3,(H2,15,18)/t10-/m1/s1. The van der Waals surface area contributed by atoms with Gasteiger partial charge in [-0.25, -0.2) is 0 Å². The SMILES string of the molecule is COc1ccc(CN2C[C@H](C(N)=O)CC2=O)cc1OC. The molecule has 0 unspecified atom stereocenters. The topological polar surface area (TPSA) is 81.9 Å². The maximum absolute atomic E-state index is 11.8. The third-order valence-electron chi connectivity index (χ3n) is 3.44. The van der Waals surface area contributed by atoms with E-state index in [2.05, 4.69) is 0 Å². The van der Waals surface area contributed by atoms with Crippen LogP contribution < -0.4 is 15.2 Å². The minimum atomic E-state index is -0.423. The zero-order valence-corrected chi connectivity index (χ0v) is 11.6. The Morgan fingerprint density at radius 3 is 2.60 bits per heavy atom. The second kappa shape index (κ2) is 5.81. The number of likely N-dealkylation sites (tertiary alicyclic amines) is 1. The minimum absolute atomic E-state index is 0.0522. The number of amides is 2. The number of methoxy groups -OCH3 is 2. The van der Waals surface area contributed by atoms with Crippen molar-refractivity contribution in [2.24, 2.45) is 11.7 Å². The number of ether oxygens (including phenoxy) is 2. The van der Waals surface area contributed by atoms with Crippen LogP contribution in [0.4, 0.5) is 0 Å². The van der Waals surface area contributed by atoms with Crippen LogP contribution in [0.3, 0.4) is 0 Å². The van der Waals surface area contributed by atoms with Crippen LogP contribution in [0, 0.1) is 5.92 Å². The lowest BCUT2D eigenvalue weighted by atomic mass is 10.1. The summed E-state index contributed by atoms with van der Waals surface area (Å²) < 4.78 is 10.4. The first-order chi connectivity index (χ1) is 9.55. The van der Waals surface area contributed by atoms with Crippen LogP contribution in [0.1, 0.15) is 12.0 Å². The number of nitrogens with two attached hydrogens (primary N) is 1. The summed E-state index contributed by atoms with van der Waals surface area (Å²) in [7, 11) is 3.13. The molecular formula is C14H18N2O4. The molecule has 1 saturated heterocycles. The lowest BCUT2D eigenvalue weighted by molar-refractivity contribution is -0.128. The van der Waals surface area contributed by atoms with E-state index in [-0.39, 0.29) is 18.2 Å². The number of benzene rings is 1. The van der Waals surface area contributed by atoms with Crippen LogP contribution in [0.5, 0.6) is 11.5 Å². The molecule has 1 fully saturated rings. The highest BCUT2D eigenvalue weighted by Gasteiger charge is 2.32. The maximum Gasteiger partial charge on any atom is 0.223 e. The van der Waals surface area contributed by atoms with Crippen LogP contribution in [0.15, 0.2) is 18.2 Å². The molecule has 0 aliphatic carbocycles. The molecule has 108 valence electrons. The van der Waals surface area contributed by atoms with Crippen molar-refractivity contribution >= 4 is 11.8 Å².